The summed E-state index contributed by atoms with van der Waals surface area (Å²) >= 11 is 0. The van der Waals surface area contributed by atoms with Crippen LogP contribution in [0.25, 0.3) is 0 Å². The summed E-state index contributed by atoms with van der Waals surface area (Å²) in [7, 11) is -1.53. The van der Waals surface area contributed by atoms with E-state index in [4.69, 9.17) is 0 Å². The third kappa shape index (κ3) is 3.01. The number of likely N-dealkylation sites (N-methyl/N-ethyl adjacent to an activating group) is 1. The zero-order chi connectivity index (χ0) is 13.2. The molecular weight excluding hydrogens is 252 g/mol. The van der Waals surface area contributed by atoms with Crippen molar-refractivity contribution in [3.63, 3.8) is 0 Å². The molecule has 100 valence electrons. The molecule has 0 amide bonds. The summed E-state index contributed by atoms with van der Waals surface area (Å²) in [5.41, 5.74) is 0. The van der Waals surface area contributed by atoms with Crippen LogP contribution in [0.5, 0.6) is 5.75 Å². The number of benzene rings is 1. The monoisotopic (exact) mass is 270 g/mol. The largest absolute Gasteiger partial charge is 0.508 e. The van der Waals surface area contributed by atoms with Gasteiger partial charge in [0.2, 0.25) is 10.0 Å². The number of aromatic hydroxyl groups is 1. The zero-order valence-electron chi connectivity index (χ0n) is 10.3. The predicted molar refractivity (Wildman–Crippen MR) is 68.9 cm³/mol. The molecule has 0 aromatic heterocycles. The van der Waals surface area contributed by atoms with Crippen LogP contribution in [0.2, 0.25) is 0 Å². The summed E-state index contributed by atoms with van der Waals surface area (Å²) in [6.07, 6.45) is 2.12. The van der Waals surface area contributed by atoms with E-state index in [9.17, 15) is 13.5 Å². The Morgan fingerprint density at radius 1 is 1.50 bits per heavy atom. The third-order valence-electron chi connectivity index (χ3n) is 3.31. The molecule has 1 aliphatic heterocycles. The highest BCUT2D eigenvalue weighted by atomic mass is 32.2. The molecule has 0 saturated carbocycles. The van der Waals surface area contributed by atoms with Gasteiger partial charge in [0.25, 0.3) is 0 Å². The average Bonchev–Trinajstić information content (AvgIpc) is 2.72. The van der Waals surface area contributed by atoms with Crippen LogP contribution in [-0.4, -0.2) is 44.6 Å². The molecule has 0 spiro atoms. The van der Waals surface area contributed by atoms with Crippen molar-refractivity contribution in [2.24, 2.45) is 0 Å². The van der Waals surface area contributed by atoms with Crippen molar-refractivity contribution in [1.82, 2.24) is 9.62 Å². The number of hydrogen-bond donors (Lipinski definition) is 2. The lowest BCUT2D eigenvalue weighted by atomic mass is 10.2. The Labute approximate surface area is 107 Å². The van der Waals surface area contributed by atoms with Gasteiger partial charge in [-0.05, 0) is 44.6 Å². The topological polar surface area (TPSA) is 69.6 Å². The molecule has 1 aromatic rings. The third-order valence-corrected chi connectivity index (χ3v) is 4.73. The minimum Gasteiger partial charge on any atom is -0.508 e. The van der Waals surface area contributed by atoms with Gasteiger partial charge in [-0.2, -0.15) is 0 Å². The highest BCUT2D eigenvalue weighted by Gasteiger charge is 2.23. The Hall–Kier alpha value is -1.11. The summed E-state index contributed by atoms with van der Waals surface area (Å²) < 4.78 is 26.6. The van der Waals surface area contributed by atoms with Crippen molar-refractivity contribution in [1.29, 1.82) is 0 Å². The first-order chi connectivity index (χ1) is 8.49. The number of rotatable bonds is 4. The first-order valence-electron chi connectivity index (χ1n) is 5.98. The molecule has 1 unspecified atom stereocenters. The number of phenols is 1. The number of likely N-dealkylation sites (tertiary alicyclic amines) is 1. The lowest BCUT2D eigenvalue weighted by Crippen LogP contribution is -2.38. The van der Waals surface area contributed by atoms with Crippen LogP contribution in [0.3, 0.4) is 0 Å². The second-order valence-corrected chi connectivity index (χ2v) is 6.39. The fourth-order valence-electron chi connectivity index (χ4n) is 2.18. The van der Waals surface area contributed by atoms with Crippen molar-refractivity contribution in [2.75, 3.05) is 20.1 Å². The molecule has 0 radical (unpaired) electrons. The van der Waals surface area contributed by atoms with Crippen LogP contribution < -0.4 is 4.72 Å². The Morgan fingerprint density at radius 2 is 2.28 bits per heavy atom. The molecule has 5 nitrogen and oxygen atoms in total. The number of nitrogens with zero attached hydrogens (tertiary/aromatic N) is 1. The molecule has 1 aliphatic rings. The van der Waals surface area contributed by atoms with E-state index in [1.165, 1.54) is 24.3 Å². The van der Waals surface area contributed by atoms with Crippen LogP contribution >= 0.6 is 0 Å². The van der Waals surface area contributed by atoms with Crippen LogP contribution in [0, 0.1) is 0 Å². The number of phenolic OH excluding ortho intramolecular Hbond substituents is 1. The molecule has 6 heteroatoms. The Bertz CT molecular complexity index is 516. The van der Waals surface area contributed by atoms with E-state index in [1.54, 1.807) is 0 Å². The van der Waals surface area contributed by atoms with Gasteiger partial charge in [-0.1, -0.05) is 6.07 Å². The van der Waals surface area contributed by atoms with E-state index in [0.29, 0.717) is 6.54 Å². The lowest BCUT2D eigenvalue weighted by Gasteiger charge is -2.19. The summed E-state index contributed by atoms with van der Waals surface area (Å²) in [4.78, 5) is 2.26. The number of nitrogens with one attached hydrogen (secondary N) is 1. The molecule has 1 fully saturated rings. The SMILES string of the molecule is CN1CCCC1CNS(=O)(=O)c1cccc(O)c1. The second-order valence-electron chi connectivity index (χ2n) is 4.63. The maximum atomic E-state index is 12.0. The van der Waals surface area contributed by atoms with Gasteiger partial charge in [-0.15, -0.1) is 0 Å². The standard InChI is InChI=1S/C12H18N2O3S/c1-14-7-3-4-10(14)9-13-18(16,17)12-6-2-5-11(15)8-12/h2,5-6,8,10,13,15H,3-4,7,9H2,1H3. The maximum absolute atomic E-state index is 12.0. The molecule has 1 atom stereocenters. The van der Waals surface area contributed by atoms with E-state index in [0.717, 1.165) is 19.4 Å². The second kappa shape index (κ2) is 5.26. The van der Waals surface area contributed by atoms with Crippen molar-refractivity contribution in [3.05, 3.63) is 24.3 Å². The van der Waals surface area contributed by atoms with Crippen molar-refractivity contribution in [3.8, 4) is 5.75 Å². The fraction of sp³-hybridized carbons (Fsp3) is 0.500. The molecule has 2 N–H and O–H groups in total. The van der Waals surface area contributed by atoms with Crippen LogP contribution in [0.4, 0.5) is 0 Å². The quantitative estimate of drug-likeness (QED) is 0.847. The lowest BCUT2D eigenvalue weighted by molar-refractivity contribution is 0.311. The van der Waals surface area contributed by atoms with E-state index in [-0.39, 0.29) is 16.7 Å². The maximum Gasteiger partial charge on any atom is 0.240 e. The molecule has 1 heterocycles. The summed E-state index contributed by atoms with van der Waals surface area (Å²) in [5, 5.41) is 9.30. The zero-order valence-corrected chi connectivity index (χ0v) is 11.2. The van der Waals surface area contributed by atoms with Gasteiger partial charge in [0.15, 0.2) is 0 Å². The Kier molecular flexibility index (Phi) is 3.89. The normalized spacial score (nSPS) is 21.3. The van der Waals surface area contributed by atoms with E-state index >= 15 is 0 Å². The minimum atomic E-state index is -3.53. The minimum absolute atomic E-state index is 0.0455. The van der Waals surface area contributed by atoms with Gasteiger partial charge in [0, 0.05) is 12.6 Å². The van der Waals surface area contributed by atoms with E-state index in [1.807, 2.05) is 7.05 Å². The van der Waals surface area contributed by atoms with Gasteiger partial charge in [-0.25, -0.2) is 13.1 Å². The van der Waals surface area contributed by atoms with Crippen molar-refractivity contribution < 1.29 is 13.5 Å². The summed E-state index contributed by atoms with van der Waals surface area (Å²) in [6.45, 7) is 1.42. The molecule has 18 heavy (non-hydrogen) atoms. The molecule has 0 bridgehead atoms. The molecule has 0 aliphatic carbocycles. The first kappa shape index (κ1) is 13.3. The molecular formula is C12H18N2O3S. The summed E-state index contributed by atoms with van der Waals surface area (Å²) in [5.74, 6) is -0.0455. The van der Waals surface area contributed by atoms with Crippen molar-refractivity contribution in [2.45, 2.75) is 23.8 Å². The number of hydrogen-bond acceptors (Lipinski definition) is 4. The van der Waals surface area contributed by atoms with Crippen LogP contribution in [0.1, 0.15) is 12.8 Å². The van der Waals surface area contributed by atoms with Crippen LogP contribution in [0.15, 0.2) is 29.2 Å². The van der Waals surface area contributed by atoms with Gasteiger partial charge in [-0.3, -0.25) is 0 Å². The molecule has 1 aromatic carbocycles. The fourth-order valence-corrected chi connectivity index (χ4v) is 3.29. The first-order valence-corrected chi connectivity index (χ1v) is 7.46. The van der Waals surface area contributed by atoms with Crippen LogP contribution in [-0.2, 0) is 10.0 Å². The van der Waals surface area contributed by atoms with Gasteiger partial charge < -0.3 is 10.0 Å². The van der Waals surface area contributed by atoms with Gasteiger partial charge in [0.05, 0.1) is 4.90 Å². The van der Waals surface area contributed by atoms with Gasteiger partial charge >= 0.3 is 0 Å². The van der Waals surface area contributed by atoms with Gasteiger partial charge in [0.1, 0.15) is 5.75 Å². The smallest absolute Gasteiger partial charge is 0.240 e. The Morgan fingerprint density at radius 3 is 2.89 bits per heavy atom. The predicted octanol–water partition coefficient (Wildman–Crippen LogP) is 0.765. The highest BCUT2D eigenvalue weighted by molar-refractivity contribution is 7.89. The van der Waals surface area contributed by atoms with Crippen molar-refractivity contribution >= 4 is 10.0 Å². The summed E-state index contributed by atoms with van der Waals surface area (Å²) in [6, 6.07) is 5.95. The average molecular weight is 270 g/mol. The number of sulfonamides is 1. The molecule has 2 rings (SSSR count). The van der Waals surface area contributed by atoms with E-state index < -0.39 is 10.0 Å². The molecule has 1 saturated heterocycles. The highest BCUT2D eigenvalue weighted by Crippen LogP contribution is 2.17. The van der Waals surface area contributed by atoms with E-state index in [2.05, 4.69) is 9.62 Å². The Balaban J connectivity index is 2.03.